The molecule has 0 aliphatic rings. The van der Waals surface area contributed by atoms with Crippen molar-refractivity contribution in [3.05, 3.63) is 52.3 Å². The van der Waals surface area contributed by atoms with E-state index in [1.54, 1.807) is 13.8 Å². The number of rotatable bonds is 3. The van der Waals surface area contributed by atoms with Crippen LogP contribution in [0.25, 0.3) is 0 Å². The monoisotopic (exact) mass is 324 g/mol. The average Bonchev–Trinajstić information content (AvgIpc) is 2.73. The highest BCUT2D eigenvalue weighted by atomic mass is 19.4. The van der Waals surface area contributed by atoms with E-state index >= 15 is 0 Å². The van der Waals surface area contributed by atoms with Crippen LogP contribution in [0.1, 0.15) is 44.6 Å². The second-order valence-corrected chi connectivity index (χ2v) is 5.21. The van der Waals surface area contributed by atoms with E-state index in [0.717, 1.165) is 12.1 Å². The maximum absolute atomic E-state index is 12.5. The fourth-order valence-corrected chi connectivity index (χ4v) is 2.44. The van der Waals surface area contributed by atoms with Gasteiger partial charge in [0, 0.05) is 16.9 Å². The minimum Gasteiger partial charge on any atom is -0.354 e. The van der Waals surface area contributed by atoms with E-state index in [0.29, 0.717) is 16.8 Å². The molecule has 0 fully saturated rings. The minimum atomic E-state index is -4.42. The zero-order chi connectivity index (χ0) is 17.4. The van der Waals surface area contributed by atoms with Crippen molar-refractivity contribution in [2.24, 2.45) is 0 Å². The Hall–Kier alpha value is -2.57. The normalized spacial score (nSPS) is 11.4. The Balaban J connectivity index is 2.23. The van der Waals surface area contributed by atoms with E-state index in [2.05, 4.69) is 10.3 Å². The summed E-state index contributed by atoms with van der Waals surface area (Å²) in [5.74, 6) is -0.678. The standard InChI is InChI=1S/C16H15F3N2O2/c1-8-13(10(3)22)9(2)20-14(8)15(23)21-12-6-4-11(5-7-12)16(17,18)19/h4-7,20H,1-3H3,(H,21,23). The summed E-state index contributed by atoms with van der Waals surface area (Å²) in [4.78, 5) is 26.6. The van der Waals surface area contributed by atoms with Crippen molar-refractivity contribution < 1.29 is 22.8 Å². The number of nitrogens with one attached hydrogen (secondary N) is 2. The van der Waals surface area contributed by atoms with Crippen molar-refractivity contribution in [2.75, 3.05) is 5.32 Å². The number of carbonyl (C=O) groups excluding carboxylic acids is 2. The fraction of sp³-hybridized carbons (Fsp3) is 0.250. The quantitative estimate of drug-likeness (QED) is 0.835. The molecule has 0 unspecified atom stereocenters. The van der Waals surface area contributed by atoms with Gasteiger partial charge in [0.25, 0.3) is 5.91 Å². The molecule has 0 atom stereocenters. The molecule has 2 aromatic rings. The van der Waals surface area contributed by atoms with Gasteiger partial charge in [-0.2, -0.15) is 13.2 Å². The van der Waals surface area contributed by atoms with Crippen LogP contribution in [0, 0.1) is 13.8 Å². The number of anilines is 1. The van der Waals surface area contributed by atoms with Crippen molar-refractivity contribution in [1.82, 2.24) is 4.98 Å². The van der Waals surface area contributed by atoms with Gasteiger partial charge in [-0.25, -0.2) is 0 Å². The molecule has 1 amide bonds. The largest absolute Gasteiger partial charge is 0.416 e. The van der Waals surface area contributed by atoms with Gasteiger partial charge in [0.05, 0.1) is 5.56 Å². The van der Waals surface area contributed by atoms with Crippen LogP contribution in [0.3, 0.4) is 0 Å². The van der Waals surface area contributed by atoms with E-state index in [1.165, 1.54) is 19.1 Å². The van der Waals surface area contributed by atoms with Crippen LogP contribution in [0.5, 0.6) is 0 Å². The predicted octanol–water partition coefficient (Wildman–Crippen LogP) is 4.11. The van der Waals surface area contributed by atoms with Crippen LogP contribution in [-0.2, 0) is 6.18 Å². The number of hydrogen-bond acceptors (Lipinski definition) is 2. The van der Waals surface area contributed by atoms with Gasteiger partial charge in [0.15, 0.2) is 5.78 Å². The summed E-state index contributed by atoms with van der Waals surface area (Å²) in [6.45, 7) is 4.72. The maximum Gasteiger partial charge on any atom is 0.416 e. The fourth-order valence-electron chi connectivity index (χ4n) is 2.44. The molecular weight excluding hydrogens is 309 g/mol. The van der Waals surface area contributed by atoms with Crippen molar-refractivity contribution in [2.45, 2.75) is 26.9 Å². The highest BCUT2D eigenvalue weighted by Gasteiger charge is 2.30. The lowest BCUT2D eigenvalue weighted by molar-refractivity contribution is -0.137. The molecule has 2 N–H and O–H groups in total. The zero-order valence-corrected chi connectivity index (χ0v) is 12.8. The molecule has 4 nitrogen and oxygen atoms in total. The Bertz CT molecular complexity index is 759. The summed E-state index contributed by atoms with van der Waals surface area (Å²) in [6, 6.07) is 4.14. The maximum atomic E-state index is 12.5. The lowest BCUT2D eigenvalue weighted by Gasteiger charge is -2.08. The molecule has 0 radical (unpaired) electrons. The van der Waals surface area contributed by atoms with Crippen LogP contribution in [0.15, 0.2) is 24.3 Å². The molecule has 0 spiro atoms. The minimum absolute atomic E-state index is 0.162. The van der Waals surface area contributed by atoms with Gasteiger partial charge < -0.3 is 10.3 Å². The van der Waals surface area contributed by atoms with Gasteiger partial charge in [0.1, 0.15) is 5.69 Å². The molecule has 0 aliphatic carbocycles. The number of halogens is 3. The Morgan fingerprint density at radius 2 is 1.65 bits per heavy atom. The lowest BCUT2D eigenvalue weighted by Crippen LogP contribution is -2.14. The molecule has 23 heavy (non-hydrogen) atoms. The number of carbonyl (C=O) groups is 2. The number of amides is 1. The van der Waals surface area contributed by atoms with Gasteiger partial charge in [-0.15, -0.1) is 0 Å². The van der Waals surface area contributed by atoms with E-state index in [4.69, 9.17) is 0 Å². The topological polar surface area (TPSA) is 62.0 Å². The van der Waals surface area contributed by atoms with E-state index in [1.807, 2.05) is 0 Å². The molecule has 122 valence electrons. The zero-order valence-electron chi connectivity index (χ0n) is 12.8. The van der Waals surface area contributed by atoms with E-state index < -0.39 is 17.6 Å². The molecule has 0 bridgehead atoms. The first-order chi connectivity index (χ1) is 10.6. The Labute approximate surface area is 130 Å². The second kappa shape index (κ2) is 5.91. The van der Waals surface area contributed by atoms with Crippen LogP contribution >= 0.6 is 0 Å². The van der Waals surface area contributed by atoms with Gasteiger partial charge >= 0.3 is 6.18 Å². The molecule has 0 aliphatic heterocycles. The first-order valence-corrected chi connectivity index (χ1v) is 6.80. The number of aryl methyl sites for hydroxylation is 1. The summed E-state index contributed by atoms with van der Waals surface area (Å²) < 4.78 is 37.5. The number of aromatic amines is 1. The molecule has 1 aromatic heterocycles. The number of Topliss-reactive ketones (excluding diaryl/α,β-unsaturated/α-hetero) is 1. The molecule has 0 saturated carbocycles. The molecular formula is C16H15F3N2O2. The summed E-state index contributed by atoms with van der Waals surface area (Å²) in [6.07, 6.45) is -4.42. The first-order valence-electron chi connectivity index (χ1n) is 6.80. The van der Waals surface area contributed by atoms with Crippen molar-refractivity contribution >= 4 is 17.4 Å². The Kier molecular flexibility index (Phi) is 4.31. The third kappa shape index (κ3) is 3.44. The highest BCUT2D eigenvalue weighted by Crippen LogP contribution is 2.30. The van der Waals surface area contributed by atoms with Crippen molar-refractivity contribution in [1.29, 1.82) is 0 Å². The van der Waals surface area contributed by atoms with E-state index in [9.17, 15) is 22.8 Å². The SMILES string of the molecule is CC(=O)c1c(C)[nH]c(C(=O)Nc2ccc(C(F)(F)F)cc2)c1C. The summed E-state index contributed by atoms with van der Waals surface area (Å²) in [5.41, 5.74) is 1.20. The van der Waals surface area contributed by atoms with E-state index in [-0.39, 0.29) is 17.2 Å². The number of benzene rings is 1. The number of ketones is 1. The molecule has 2 rings (SSSR count). The van der Waals surface area contributed by atoms with Crippen molar-refractivity contribution in [3.8, 4) is 0 Å². The number of H-pyrrole nitrogens is 1. The molecule has 7 heteroatoms. The van der Waals surface area contributed by atoms with Crippen LogP contribution in [0.4, 0.5) is 18.9 Å². The average molecular weight is 324 g/mol. The molecule has 1 heterocycles. The number of hydrogen-bond donors (Lipinski definition) is 2. The van der Waals surface area contributed by atoms with Crippen LogP contribution in [0.2, 0.25) is 0 Å². The number of alkyl halides is 3. The Morgan fingerprint density at radius 3 is 2.09 bits per heavy atom. The lowest BCUT2D eigenvalue weighted by atomic mass is 10.1. The molecule has 1 aromatic carbocycles. The van der Waals surface area contributed by atoms with Gasteiger partial charge in [-0.3, -0.25) is 9.59 Å². The van der Waals surface area contributed by atoms with Gasteiger partial charge in [-0.1, -0.05) is 0 Å². The van der Waals surface area contributed by atoms with Crippen LogP contribution in [-0.4, -0.2) is 16.7 Å². The Morgan fingerprint density at radius 1 is 1.09 bits per heavy atom. The third-order valence-corrected chi connectivity index (χ3v) is 3.49. The third-order valence-electron chi connectivity index (χ3n) is 3.49. The summed E-state index contributed by atoms with van der Waals surface area (Å²) in [7, 11) is 0. The number of aromatic nitrogens is 1. The van der Waals surface area contributed by atoms with Crippen molar-refractivity contribution in [3.63, 3.8) is 0 Å². The molecule has 0 saturated heterocycles. The predicted molar refractivity (Wildman–Crippen MR) is 79.7 cm³/mol. The van der Waals surface area contributed by atoms with Crippen LogP contribution < -0.4 is 5.32 Å². The summed E-state index contributed by atoms with van der Waals surface area (Å²) >= 11 is 0. The van der Waals surface area contributed by atoms with Gasteiger partial charge in [0.2, 0.25) is 0 Å². The van der Waals surface area contributed by atoms with Gasteiger partial charge in [-0.05, 0) is 50.6 Å². The summed E-state index contributed by atoms with van der Waals surface area (Å²) in [5, 5.41) is 2.51. The smallest absolute Gasteiger partial charge is 0.354 e. The first kappa shape index (κ1) is 16.8. The highest BCUT2D eigenvalue weighted by molar-refractivity contribution is 6.07. The second-order valence-electron chi connectivity index (χ2n) is 5.21.